The maximum Gasteiger partial charge on any atom is 0.264 e. The number of hydrogen-bond donors (Lipinski definition) is 2. The number of nitrogen functional groups attached to an aromatic ring is 1. The average molecular weight is 376 g/mol. The zero-order valence-corrected chi connectivity index (χ0v) is 13.2. The predicted molar refractivity (Wildman–Crippen MR) is 80.1 cm³/mol. The molecule has 2 aromatic rings. The molecule has 0 fully saturated rings. The molecular formula is C12H11BrFN3O3S. The van der Waals surface area contributed by atoms with Crippen molar-refractivity contribution in [2.75, 3.05) is 17.6 Å². The molecule has 0 saturated heterocycles. The van der Waals surface area contributed by atoms with E-state index in [1.165, 1.54) is 25.4 Å². The Morgan fingerprint density at radius 1 is 1.38 bits per heavy atom. The standard InChI is InChI=1S/C12H11BrFN3O3S/c1-20-12-3-2-7(6-16-12)17-21(18,19)11-4-8(13)9(14)5-10(11)15/h2-6,17H,15H2,1H3. The van der Waals surface area contributed by atoms with E-state index >= 15 is 0 Å². The minimum Gasteiger partial charge on any atom is -0.481 e. The highest BCUT2D eigenvalue weighted by molar-refractivity contribution is 9.10. The number of nitrogens with two attached hydrogens (primary N) is 1. The molecule has 6 nitrogen and oxygen atoms in total. The first-order valence-electron chi connectivity index (χ1n) is 5.61. The van der Waals surface area contributed by atoms with Gasteiger partial charge in [-0.2, -0.15) is 0 Å². The average Bonchev–Trinajstić information content (AvgIpc) is 2.43. The molecular weight excluding hydrogens is 365 g/mol. The van der Waals surface area contributed by atoms with Crippen molar-refractivity contribution in [2.24, 2.45) is 0 Å². The monoisotopic (exact) mass is 375 g/mol. The van der Waals surface area contributed by atoms with E-state index in [4.69, 9.17) is 10.5 Å². The molecule has 0 aliphatic heterocycles. The van der Waals surface area contributed by atoms with Crippen LogP contribution in [-0.2, 0) is 10.0 Å². The summed E-state index contributed by atoms with van der Waals surface area (Å²) in [6, 6.07) is 5.02. The first-order chi connectivity index (χ1) is 9.83. The van der Waals surface area contributed by atoms with Crippen molar-refractivity contribution >= 4 is 37.3 Å². The summed E-state index contributed by atoms with van der Waals surface area (Å²) >= 11 is 2.93. The number of pyridine rings is 1. The molecule has 0 aliphatic rings. The Balaban J connectivity index is 2.35. The van der Waals surface area contributed by atoms with Crippen LogP contribution in [0.5, 0.6) is 5.88 Å². The van der Waals surface area contributed by atoms with Crippen LogP contribution in [0.4, 0.5) is 15.8 Å². The highest BCUT2D eigenvalue weighted by Crippen LogP contribution is 2.27. The second kappa shape index (κ2) is 5.86. The van der Waals surface area contributed by atoms with Crippen molar-refractivity contribution in [3.05, 3.63) is 40.8 Å². The Labute approximate surface area is 129 Å². The van der Waals surface area contributed by atoms with Crippen LogP contribution in [0.2, 0.25) is 0 Å². The molecule has 1 heterocycles. The van der Waals surface area contributed by atoms with Gasteiger partial charge in [-0.1, -0.05) is 0 Å². The number of methoxy groups -OCH3 is 1. The lowest BCUT2D eigenvalue weighted by atomic mass is 10.3. The molecule has 21 heavy (non-hydrogen) atoms. The largest absolute Gasteiger partial charge is 0.481 e. The molecule has 112 valence electrons. The molecule has 0 bridgehead atoms. The fourth-order valence-electron chi connectivity index (χ4n) is 1.55. The SMILES string of the molecule is COc1ccc(NS(=O)(=O)c2cc(Br)c(F)cc2N)cn1. The van der Waals surface area contributed by atoms with Crippen LogP contribution in [0.1, 0.15) is 0 Å². The fraction of sp³-hybridized carbons (Fsp3) is 0.0833. The first kappa shape index (κ1) is 15.5. The van der Waals surface area contributed by atoms with E-state index in [1.807, 2.05) is 0 Å². The number of anilines is 2. The number of rotatable bonds is 4. The third-order valence-corrected chi connectivity index (χ3v) is 4.58. The second-order valence-electron chi connectivity index (χ2n) is 4.00. The molecule has 0 radical (unpaired) electrons. The molecule has 0 aliphatic carbocycles. The summed E-state index contributed by atoms with van der Waals surface area (Å²) in [5, 5.41) is 0. The molecule has 2 rings (SSSR count). The zero-order chi connectivity index (χ0) is 15.6. The molecule has 1 aromatic carbocycles. The van der Waals surface area contributed by atoms with Gasteiger partial charge in [0.2, 0.25) is 5.88 Å². The number of nitrogens with one attached hydrogen (secondary N) is 1. The summed E-state index contributed by atoms with van der Waals surface area (Å²) in [5.41, 5.74) is 5.60. The summed E-state index contributed by atoms with van der Waals surface area (Å²) in [6.45, 7) is 0. The van der Waals surface area contributed by atoms with E-state index in [0.717, 1.165) is 12.1 Å². The van der Waals surface area contributed by atoms with E-state index in [9.17, 15) is 12.8 Å². The maximum atomic E-state index is 13.3. The summed E-state index contributed by atoms with van der Waals surface area (Å²) in [4.78, 5) is 3.65. The minimum absolute atomic E-state index is 0.00457. The minimum atomic E-state index is -3.96. The predicted octanol–water partition coefficient (Wildman–Crippen LogP) is 2.37. The molecule has 0 saturated carbocycles. The van der Waals surface area contributed by atoms with Crippen LogP contribution in [-0.4, -0.2) is 20.5 Å². The molecule has 3 N–H and O–H groups in total. The topological polar surface area (TPSA) is 94.3 Å². The van der Waals surface area contributed by atoms with Crippen LogP contribution in [0, 0.1) is 5.82 Å². The number of hydrogen-bond acceptors (Lipinski definition) is 5. The van der Waals surface area contributed by atoms with Gasteiger partial charge >= 0.3 is 0 Å². The van der Waals surface area contributed by atoms with Crippen molar-refractivity contribution in [1.29, 1.82) is 0 Å². The van der Waals surface area contributed by atoms with Gasteiger partial charge in [0.25, 0.3) is 10.0 Å². The highest BCUT2D eigenvalue weighted by Gasteiger charge is 2.20. The van der Waals surface area contributed by atoms with E-state index in [2.05, 4.69) is 25.6 Å². The number of nitrogens with zero attached hydrogens (tertiary/aromatic N) is 1. The first-order valence-corrected chi connectivity index (χ1v) is 7.88. The van der Waals surface area contributed by atoms with Gasteiger partial charge in [-0.25, -0.2) is 17.8 Å². The zero-order valence-electron chi connectivity index (χ0n) is 10.8. The lowest BCUT2D eigenvalue weighted by Gasteiger charge is -2.11. The number of aromatic nitrogens is 1. The Bertz CT molecular complexity index is 766. The molecule has 0 unspecified atom stereocenters. The van der Waals surface area contributed by atoms with E-state index in [0.29, 0.717) is 5.88 Å². The van der Waals surface area contributed by atoms with Crippen molar-refractivity contribution in [3.63, 3.8) is 0 Å². The van der Waals surface area contributed by atoms with Gasteiger partial charge < -0.3 is 10.5 Å². The highest BCUT2D eigenvalue weighted by atomic mass is 79.9. The van der Waals surface area contributed by atoms with Gasteiger partial charge in [-0.05, 0) is 34.1 Å². The Morgan fingerprint density at radius 3 is 2.67 bits per heavy atom. The third-order valence-electron chi connectivity index (χ3n) is 2.54. The summed E-state index contributed by atoms with van der Waals surface area (Å²) in [6.07, 6.45) is 1.30. The van der Waals surface area contributed by atoms with Gasteiger partial charge in [-0.15, -0.1) is 0 Å². The number of ether oxygens (including phenoxy) is 1. The molecule has 0 spiro atoms. The summed E-state index contributed by atoms with van der Waals surface area (Å²) < 4.78 is 45.0. The van der Waals surface area contributed by atoms with Crippen molar-refractivity contribution in [2.45, 2.75) is 4.90 Å². The van der Waals surface area contributed by atoms with Gasteiger partial charge in [0.05, 0.1) is 29.2 Å². The Kier molecular flexibility index (Phi) is 4.33. The van der Waals surface area contributed by atoms with Crippen LogP contribution < -0.4 is 15.2 Å². The normalized spacial score (nSPS) is 11.2. The maximum absolute atomic E-state index is 13.3. The molecule has 1 aromatic heterocycles. The smallest absolute Gasteiger partial charge is 0.264 e. The second-order valence-corrected chi connectivity index (χ2v) is 6.50. The van der Waals surface area contributed by atoms with Crippen molar-refractivity contribution in [3.8, 4) is 5.88 Å². The van der Waals surface area contributed by atoms with E-state index < -0.39 is 15.8 Å². The Hall–Kier alpha value is -1.87. The fourth-order valence-corrected chi connectivity index (χ4v) is 3.23. The van der Waals surface area contributed by atoms with Crippen LogP contribution in [0.3, 0.4) is 0 Å². The van der Waals surface area contributed by atoms with Crippen molar-refractivity contribution < 1.29 is 17.5 Å². The summed E-state index contributed by atoms with van der Waals surface area (Å²) in [7, 11) is -2.51. The molecule has 0 amide bonds. The lowest BCUT2D eigenvalue weighted by Crippen LogP contribution is -2.15. The van der Waals surface area contributed by atoms with Crippen LogP contribution in [0.15, 0.2) is 39.8 Å². The van der Waals surface area contributed by atoms with E-state index in [1.54, 1.807) is 0 Å². The van der Waals surface area contributed by atoms with E-state index in [-0.39, 0.29) is 20.7 Å². The number of halogens is 2. The Morgan fingerprint density at radius 2 is 2.10 bits per heavy atom. The van der Waals surface area contributed by atoms with Crippen LogP contribution >= 0.6 is 15.9 Å². The number of sulfonamides is 1. The van der Waals surface area contributed by atoms with Gasteiger partial charge in [0.15, 0.2) is 0 Å². The van der Waals surface area contributed by atoms with Gasteiger partial charge in [-0.3, -0.25) is 4.72 Å². The lowest BCUT2D eigenvalue weighted by molar-refractivity contribution is 0.398. The quantitative estimate of drug-likeness (QED) is 0.799. The number of benzene rings is 1. The third kappa shape index (κ3) is 3.42. The van der Waals surface area contributed by atoms with Gasteiger partial charge in [0.1, 0.15) is 10.7 Å². The molecule has 9 heteroatoms. The van der Waals surface area contributed by atoms with Crippen molar-refractivity contribution in [1.82, 2.24) is 4.98 Å². The summed E-state index contributed by atoms with van der Waals surface area (Å²) in [5.74, 6) is -0.292. The molecule has 0 atom stereocenters. The van der Waals surface area contributed by atoms with Gasteiger partial charge in [0, 0.05) is 6.07 Å². The van der Waals surface area contributed by atoms with Crippen LogP contribution in [0.25, 0.3) is 0 Å².